The van der Waals surface area contributed by atoms with Gasteiger partial charge in [-0.2, -0.15) is 5.10 Å². The summed E-state index contributed by atoms with van der Waals surface area (Å²) in [5.41, 5.74) is 2.17. The summed E-state index contributed by atoms with van der Waals surface area (Å²) in [5, 5.41) is 13.3. The summed E-state index contributed by atoms with van der Waals surface area (Å²) in [6.07, 6.45) is 4.16. The Labute approximate surface area is 209 Å². The predicted molar refractivity (Wildman–Crippen MR) is 133 cm³/mol. The van der Waals surface area contributed by atoms with Gasteiger partial charge < -0.3 is 5.11 Å². The maximum atomic E-state index is 15.5. The van der Waals surface area contributed by atoms with E-state index in [1.54, 1.807) is 6.20 Å². The van der Waals surface area contributed by atoms with Crippen LogP contribution in [0.15, 0.2) is 42.7 Å². The third-order valence-electron chi connectivity index (χ3n) is 6.74. The Kier molecular flexibility index (Phi) is 7.27. The summed E-state index contributed by atoms with van der Waals surface area (Å²) in [5.74, 6) is -2.54. The summed E-state index contributed by atoms with van der Waals surface area (Å²) in [4.78, 5) is 12.7. The number of nitrogens with zero attached hydrogens (tertiary/aromatic N) is 3. The maximum absolute atomic E-state index is 15.5. The highest BCUT2D eigenvalue weighted by molar-refractivity contribution is 5.67. The molecule has 5 nitrogen and oxygen atoms in total. The number of hydrogen-bond donors (Lipinski definition) is 1. The number of benzene rings is 2. The second kappa shape index (κ2) is 10.1. The lowest BCUT2D eigenvalue weighted by molar-refractivity contribution is -0.136. The van der Waals surface area contributed by atoms with Crippen molar-refractivity contribution in [2.75, 3.05) is 6.54 Å². The van der Waals surface area contributed by atoms with Crippen LogP contribution in [-0.2, 0) is 24.2 Å². The van der Waals surface area contributed by atoms with Gasteiger partial charge in [0.2, 0.25) is 0 Å². The van der Waals surface area contributed by atoms with E-state index in [4.69, 9.17) is 5.11 Å². The molecule has 0 bridgehead atoms. The number of carboxylic acids is 1. The lowest BCUT2D eigenvalue weighted by Gasteiger charge is -2.44. The Morgan fingerprint density at radius 3 is 2.44 bits per heavy atom. The normalized spacial score (nSPS) is 18.3. The van der Waals surface area contributed by atoms with E-state index in [2.05, 4.69) is 5.10 Å². The van der Waals surface area contributed by atoms with Crippen LogP contribution in [0.2, 0.25) is 0 Å². The van der Waals surface area contributed by atoms with Gasteiger partial charge in [0, 0.05) is 42.9 Å². The molecule has 0 aliphatic carbocycles. The summed E-state index contributed by atoms with van der Waals surface area (Å²) in [7, 11) is 0. The molecule has 2 atom stereocenters. The van der Waals surface area contributed by atoms with E-state index >= 15 is 8.78 Å². The topological polar surface area (TPSA) is 58.4 Å². The van der Waals surface area contributed by atoms with Crippen molar-refractivity contribution in [3.63, 3.8) is 0 Å². The number of hydrogen-bond acceptors (Lipinski definition) is 3. The van der Waals surface area contributed by atoms with Gasteiger partial charge >= 0.3 is 5.97 Å². The molecule has 4 rings (SSSR count). The minimum Gasteiger partial charge on any atom is -0.481 e. The van der Waals surface area contributed by atoms with Gasteiger partial charge in [-0.1, -0.05) is 18.2 Å². The average Bonchev–Trinajstić information content (AvgIpc) is 3.27. The third-order valence-corrected chi connectivity index (χ3v) is 6.74. The molecule has 3 aromatic rings. The Morgan fingerprint density at radius 2 is 1.86 bits per heavy atom. The van der Waals surface area contributed by atoms with E-state index in [9.17, 15) is 9.18 Å². The summed E-state index contributed by atoms with van der Waals surface area (Å²) >= 11 is 0. The lowest BCUT2D eigenvalue weighted by atomic mass is 9.82. The van der Waals surface area contributed by atoms with Crippen molar-refractivity contribution in [1.82, 2.24) is 14.7 Å². The Bertz CT molecular complexity index is 1240. The molecule has 0 spiro atoms. The molecule has 8 heteroatoms. The molecule has 1 aliphatic heterocycles. The van der Waals surface area contributed by atoms with E-state index in [1.165, 1.54) is 26.0 Å². The number of alkyl halides is 1. The van der Waals surface area contributed by atoms with Crippen LogP contribution < -0.4 is 0 Å². The standard InChI is InChI=1S/C28H32F3N3O2/c1-5-33-15-21(14-32-33)19-7-8-22-20(13-19)10-17(2)34(16-28(3,4)31)27(22)26-23(29)11-18(12-24(26)30)6-9-25(35)36/h7-8,11-15,17,27H,5-6,9-10,16H2,1-4H3,(H,35,36). The third kappa shape index (κ3) is 5.48. The highest BCUT2D eigenvalue weighted by Crippen LogP contribution is 2.42. The highest BCUT2D eigenvalue weighted by Gasteiger charge is 2.39. The smallest absolute Gasteiger partial charge is 0.303 e. The molecular formula is C28H32F3N3O2. The van der Waals surface area contributed by atoms with E-state index < -0.39 is 29.3 Å². The first-order valence-corrected chi connectivity index (χ1v) is 12.3. The molecule has 0 radical (unpaired) electrons. The fourth-order valence-electron chi connectivity index (χ4n) is 5.08. The van der Waals surface area contributed by atoms with Crippen LogP contribution >= 0.6 is 0 Å². The van der Waals surface area contributed by atoms with E-state index in [0.717, 1.165) is 28.8 Å². The van der Waals surface area contributed by atoms with Gasteiger partial charge in [0.1, 0.15) is 17.3 Å². The number of halogens is 3. The zero-order valence-electron chi connectivity index (χ0n) is 21.1. The predicted octanol–water partition coefficient (Wildman–Crippen LogP) is 5.95. The molecule has 0 saturated carbocycles. The molecule has 2 heterocycles. The quantitative estimate of drug-likeness (QED) is 0.416. The molecule has 0 fully saturated rings. The van der Waals surface area contributed by atoms with E-state index in [1.807, 2.05) is 47.8 Å². The summed E-state index contributed by atoms with van der Waals surface area (Å²) in [6.45, 7) is 7.63. The molecule has 1 aromatic heterocycles. The van der Waals surface area contributed by atoms with Gasteiger partial charge in [0.05, 0.1) is 12.2 Å². The minimum atomic E-state index is -1.58. The SMILES string of the molecule is CCn1cc(-c2ccc3c(c2)CC(C)N(CC(C)(C)F)C3c2c(F)cc(CCC(=O)O)cc2F)cn1. The molecule has 0 saturated heterocycles. The fraction of sp³-hybridized carbons (Fsp3) is 0.429. The van der Waals surface area contributed by atoms with Gasteiger partial charge in [0.15, 0.2) is 0 Å². The van der Waals surface area contributed by atoms with Crippen molar-refractivity contribution in [2.24, 2.45) is 0 Å². The molecule has 0 amide bonds. The van der Waals surface area contributed by atoms with Gasteiger partial charge in [-0.3, -0.25) is 14.4 Å². The number of aliphatic carboxylic acids is 1. The largest absolute Gasteiger partial charge is 0.481 e. The van der Waals surface area contributed by atoms with E-state index in [-0.39, 0.29) is 36.6 Å². The number of fused-ring (bicyclic) bond motifs is 1. The Balaban J connectivity index is 1.82. The molecule has 1 N–H and O–H groups in total. The number of rotatable bonds is 8. The maximum Gasteiger partial charge on any atom is 0.303 e. The second-order valence-corrected chi connectivity index (χ2v) is 10.2. The first-order valence-electron chi connectivity index (χ1n) is 12.3. The van der Waals surface area contributed by atoms with Crippen LogP contribution in [0.4, 0.5) is 13.2 Å². The Morgan fingerprint density at radius 1 is 1.17 bits per heavy atom. The summed E-state index contributed by atoms with van der Waals surface area (Å²) < 4.78 is 47.7. The van der Waals surface area contributed by atoms with Gasteiger partial charge in [-0.05, 0) is 74.9 Å². The number of carboxylic acid groups (broad SMARTS) is 1. The highest BCUT2D eigenvalue weighted by atomic mass is 19.1. The second-order valence-electron chi connectivity index (χ2n) is 10.2. The minimum absolute atomic E-state index is 0.00292. The van der Waals surface area contributed by atoms with E-state index in [0.29, 0.717) is 6.42 Å². The van der Waals surface area contributed by atoms with Crippen molar-refractivity contribution in [1.29, 1.82) is 0 Å². The van der Waals surface area contributed by atoms with Gasteiger partial charge in [-0.15, -0.1) is 0 Å². The van der Waals surface area contributed by atoms with Crippen molar-refractivity contribution < 1.29 is 23.1 Å². The molecular weight excluding hydrogens is 467 g/mol. The van der Waals surface area contributed by atoms with Crippen LogP contribution in [0.1, 0.15) is 62.4 Å². The van der Waals surface area contributed by atoms with Crippen molar-refractivity contribution in [2.45, 2.75) is 71.3 Å². The first kappa shape index (κ1) is 25.9. The molecule has 2 aromatic carbocycles. The van der Waals surface area contributed by atoms with Crippen molar-refractivity contribution in [3.05, 3.63) is 76.6 Å². The average molecular weight is 500 g/mol. The first-order chi connectivity index (χ1) is 17.0. The molecule has 192 valence electrons. The van der Waals surface area contributed by atoms with Gasteiger partial charge in [0.25, 0.3) is 0 Å². The fourth-order valence-corrected chi connectivity index (χ4v) is 5.08. The zero-order chi connectivity index (χ0) is 26.2. The van der Waals surface area contributed by atoms with Crippen LogP contribution in [0, 0.1) is 11.6 Å². The summed E-state index contributed by atoms with van der Waals surface area (Å²) in [6, 6.07) is 7.23. The van der Waals surface area contributed by atoms with Crippen molar-refractivity contribution >= 4 is 5.97 Å². The van der Waals surface area contributed by atoms with Crippen LogP contribution in [-0.4, -0.2) is 44.0 Å². The number of aromatic nitrogens is 2. The number of carbonyl (C=O) groups is 1. The number of aryl methyl sites for hydroxylation is 2. The lowest BCUT2D eigenvalue weighted by Crippen LogP contribution is -2.48. The van der Waals surface area contributed by atoms with Crippen LogP contribution in [0.5, 0.6) is 0 Å². The van der Waals surface area contributed by atoms with Crippen molar-refractivity contribution in [3.8, 4) is 11.1 Å². The zero-order valence-corrected chi connectivity index (χ0v) is 21.1. The van der Waals surface area contributed by atoms with Crippen LogP contribution in [0.25, 0.3) is 11.1 Å². The van der Waals surface area contributed by atoms with Gasteiger partial charge in [-0.25, -0.2) is 13.2 Å². The molecule has 2 unspecified atom stereocenters. The molecule has 36 heavy (non-hydrogen) atoms. The molecule has 1 aliphatic rings. The van der Waals surface area contributed by atoms with Crippen LogP contribution in [0.3, 0.4) is 0 Å². The monoisotopic (exact) mass is 499 g/mol. The Hall–Kier alpha value is -3.13.